The van der Waals surface area contributed by atoms with Crippen LogP contribution in [-0.2, 0) is 0 Å². The largest absolute Gasteiger partial charge is 0.337 e. The van der Waals surface area contributed by atoms with Crippen LogP contribution in [0.25, 0.3) is 0 Å². The van der Waals surface area contributed by atoms with E-state index in [1.807, 2.05) is 0 Å². The second-order valence-corrected chi connectivity index (χ2v) is 4.57. The van der Waals surface area contributed by atoms with Gasteiger partial charge in [-0.15, -0.1) is 6.58 Å². The molecule has 2 amide bonds. The van der Waals surface area contributed by atoms with Crippen LogP contribution < -0.4 is 16.0 Å². The third-order valence-electron chi connectivity index (χ3n) is 3.11. The first-order chi connectivity index (χ1) is 8.33. The summed E-state index contributed by atoms with van der Waals surface area (Å²) in [5.74, 6) is 0. The number of amides is 2. The van der Waals surface area contributed by atoms with Gasteiger partial charge in [0.05, 0.1) is 0 Å². The number of carbonyl (C=O) groups is 1. The highest BCUT2D eigenvalue weighted by Gasteiger charge is 2.10. The van der Waals surface area contributed by atoms with E-state index in [1.54, 1.807) is 6.08 Å². The molecule has 1 fully saturated rings. The summed E-state index contributed by atoms with van der Waals surface area (Å²) in [6.07, 6.45) is 9.66. The Labute approximate surface area is 104 Å². The van der Waals surface area contributed by atoms with E-state index in [-0.39, 0.29) is 6.03 Å². The van der Waals surface area contributed by atoms with Gasteiger partial charge in [0.1, 0.15) is 0 Å². The summed E-state index contributed by atoms with van der Waals surface area (Å²) < 4.78 is 0. The van der Waals surface area contributed by atoms with Gasteiger partial charge in [0.2, 0.25) is 0 Å². The summed E-state index contributed by atoms with van der Waals surface area (Å²) in [6.45, 7) is 5.59. The van der Waals surface area contributed by atoms with Crippen molar-refractivity contribution in [1.82, 2.24) is 16.0 Å². The molecule has 0 saturated heterocycles. The van der Waals surface area contributed by atoms with Crippen LogP contribution in [0, 0.1) is 0 Å². The molecule has 0 spiro atoms. The van der Waals surface area contributed by atoms with E-state index in [0.717, 1.165) is 6.54 Å². The molecule has 17 heavy (non-hydrogen) atoms. The lowest BCUT2D eigenvalue weighted by molar-refractivity contribution is 0.241. The second kappa shape index (κ2) is 9.05. The fourth-order valence-electron chi connectivity index (χ4n) is 2.16. The summed E-state index contributed by atoms with van der Waals surface area (Å²) in [4.78, 5) is 11.2. The van der Waals surface area contributed by atoms with Crippen molar-refractivity contribution in [3.63, 3.8) is 0 Å². The Morgan fingerprint density at radius 2 is 1.82 bits per heavy atom. The van der Waals surface area contributed by atoms with Crippen LogP contribution in [0.4, 0.5) is 4.79 Å². The fourth-order valence-corrected chi connectivity index (χ4v) is 2.16. The predicted molar refractivity (Wildman–Crippen MR) is 71.1 cm³/mol. The number of carbonyl (C=O) groups excluding carboxylic acids is 1. The molecule has 1 saturated carbocycles. The van der Waals surface area contributed by atoms with Crippen molar-refractivity contribution in [2.24, 2.45) is 0 Å². The molecule has 0 aromatic rings. The minimum Gasteiger partial charge on any atom is -0.337 e. The lowest BCUT2D eigenvalue weighted by Crippen LogP contribution is -2.41. The third-order valence-corrected chi connectivity index (χ3v) is 3.11. The Kier molecular flexibility index (Phi) is 7.47. The number of nitrogens with one attached hydrogen (secondary N) is 3. The highest BCUT2D eigenvalue weighted by atomic mass is 16.2. The van der Waals surface area contributed by atoms with Crippen LogP contribution in [0.2, 0.25) is 0 Å². The Bertz CT molecular complexity index is 223. The Morgan fingerprint density at radius 1 is 1.12 bits per heavy atom. The third kappa shape index (κ3) is 7.00. The monoisotopic (exact) mass is 239 g/mol. The molecule has 0 atom stereocenters. The lowest BCUT2D eigenvalue weighted by Gasteiger charge is -2.16. The molecule has 0 radical (unpaired) electrons. The predicted octanol–water partition coefficient (Wildman–Crippen LogP) is 1.78. The van der Waals surface area contributed by atoms with Crippen molar-refractivity contribution in [3.05, 3.63) is 12.7 Å². The first-order valence-corrected chi connectivity index (χ1v) is 6.69. The van der Waals surface area contributed by atoms with E-state index < -0.39 is 0 Å². The van der Waals surface area contributed by atoms with E-state index in [1.165, 1.54) is 38.5 Å². The van der Waals surface area contributed by atoms with Crippen LogP contribution >= 0.6 is 0 Å². The SMILES string of the molecule is C=CCNC(=O)NCCNC1CCCCCC1. The molecule has 0 bridgehead atoms. The average molecular weight is 239 g/mol. The molecule has 1 rings (SSSR count). The second-order valence-electron chi connectivity index (χ2n) is 4.57. The first-order valence-electron chi connectivity index (χ1n) is 6.69. The van der Waals surface area contributed by atoms with E-state index in [4.69, 9.17) is 0 Å². The topological polar surface area (TPSA) is 53.2 Å². The zero-order valence-electron chi connectivity index (χ0n) is 10.6. The Morgan fingerprint density at radius 3 is 2.47 bits per heavy atom. The summed E-state index contributed by atoms with van der Waals surface area (Å²) >= 11 is 0. The van der Waals surface area contributed by atoms with E-state index in [2.05, 4.69) is 22.5 Å². The first kappa shape index (κ1) is 14.0. The molecule has 0 aromatic carbocycles. The quantitative estimate of drug-likeness (QED) is 0.376. The standard InChI is InChI=1S/C13H25N3O/c1-2-9-15-13(17)16-11-10-14-12-7-5-3-4-6-8-12/h2,12,14H,1,3-11H2,(H2,15,16,17). The number of urea groups is 1. The summed E-state index contributed by atoms with van der Waals surface area (Å²) in [5.41, 5.74) is 0. The van der Waals surface area contributed by atoms with Crippen molar-refractivity contribution in [2.75, 3.05) is 19.6 Å². The zero-order chi connectivity index (χ0) is 12.3. The van der Waals surface area contributed by atoms with Gasteiger partial charge in [-0.1, -0.05) is 31.8 Å². The van der Waals surface area contributed by atoms with Gasteiger partial charge in [0.25, 0.3) is 0 Å². The molecular weight excluding hydrogens is 214 g/mol. The van der Waals surface area contributed by atoms with Gasteiger partial charge in [-0.3, -0.25) is 0 Å². The van der Waals surface area contributed by atoms with Crippen LogP contribution in [0.1, 0.15) is 38.5 Å². The molecule has 4 heteroatoms. The smallest absolute Gasteiger partial charge is 0.315 e. The molecule has 4 nitrogen and oxygen atoms in total. The van der Waals surface area contributed by atoms with E-state index >= 15 is 0 Å². The van der Waals surface area contributed by atoms with E-state index in [9.17, 15) is 4.79 Å². The summed E-state index contributed by atoms with van der Waals surface area (Å²) in [5, 5.41) is 9.01. The highest BCUT2D eigenvalue weighted by Crippen LogP contribution is 2.16. The molecule has 3 N–H and O–H groups in total. The van der Waals surface area contributed by atoms with Gasteiger partial charge < -0.3 is 16.0 Å². The van der Waals surface area contributed by atoms with Gasteiger partial charge in [0, 0.05) is 25.7 Å². The van der Waals surface area contributed by atoms with Gasteiger partial charge in [-0.2, -0.15) is 0 Å². The van der Waals surface area contributed by atoms with Crippen LogP contribution in [-0.4, -0.2) is 31.7 Å². The number of hydrogen-bond donors (Lipinski definition) is 3. The van der Waals surface area contributed by atoms with E-state index in [0.29, 0.717) is 19.1 Å². The van der Waals surface area contributed by atoms with Crippen molar-refractivity contribution in [1.29, 1.82) is 0 Å². The van der Waals surface area contributed by atoms with Crippen LogP contribution in [0.15, 0.2) is 12.7 Å². The van der Waals surface area contributed by atoms with Gasteiger partial charge in [0.15, 0.2) is 0 Å². The Hall–Kier alpha value is -1.03. The molecular formula is C13H25N3O. The van der Waals surface area contributed by atoms with Crippen molar-refractivity contribution in [2.45, 2.75) is 44.6 Å². The van der Waals surface area contributed by atoms with Crippen molar-refractivity contribution >= 4 is 6.03 Å². The normalized spacial score (nSPS) is 17.2. The average Bonchev–Trinajstić information content (AvgIpc) is 2.60. The van der Waals surface area contributed by atoms with Gasteiger partial charge in [-0.25, -0.2) is 4.79 Å². The lowest BCUT2D eigenvalue weighted by atomic mass is 10.1. The van der Waals surface area contributed by atoms with Crippen molar-refractivity contribution < 1.29 is 4.79 Å². The van der Waals surface area contributed by atoms with Crippen LogP contribution in [0.3, 0.4) is 0 Å². The highest BCUT2D eigenvalue weighted by molar-refractivity contribution is 5.73. The molecule has 1 aliphatic rings. The minimum atomic E-state index is -0.118. The maximum atomic E-state index is 11.2. The minimum absolute atomic E-state index is 0.118. The van der Waals surface area contributed by atoms with Crippen molar-refractivity contribution in [3.8, 4) is 0 Å². The molecule has 0 heterocycles. The zero-order valence-corrected chi connectivity index (χ0v) is 10.6. The summed E-state index contributed by atoms with van der Waals surface area (Å²) in [6, 6.07) is 0.531. The number of hydrogen-bond acceptors (Lipinski definition) is 2. The van der Waals surface area contributed by atoms with Crippen LogP contribution in [0.5, 0.6) is 0 Å². The molecule has 98 valence electrons. The Balaban J connectivity index is 1.98. The maximum absolute atomic E-state index is 11.2. The van der Waals surface area contributed by atoms with Gasteiger partial charge >= 0.3 is 6.03 Å². The van der Waals surface area contributed by atoms with Gasteiger partial charge in [-0.05, 0) is 12.8 Å². The number of rotatable bonds is 6. The molecule has 0 aromatic heterocycles. The fraction of sp³-hybridized carbons (Fsp3) is 0.769. The molecule has 0 unspecified atom stereocenters. The molecule has 1 aliphatic carbocycles. The maximum Gasteiger partial charge on any atom is 0.315 e. The molecule has 0 aliphatic heterocycles. The summed E-state index contributed by atoms with van der Waals surface area (Å²) in [7, 11) is 0.